The van der Waals surface area contributed by atoms with Gasteiger partial charge in [-0.05, 0) is 38.9 Å². The normalized spacial score (nSPS) is 16.1. The van der Waals surface area contributed by atoms with Crippen LogP contribution in [0.2, 0.25) is 0 Å². The van der Waals surface area contributed by atoms with Crippen molar-refractivity contribution in [1.29, 1.82) is 0 Å². The first kappa shape index (κ1) is 14.7. The molecule has 1 aromatic carbocycles. The van der Waals surface area contributed by atoms with E-state index in [0.717, 1.165) is 25.9 Å². The Morgan fingerprint density at radius 3 is 2.90 bits per heavy atom. The second kappa shape index (κ2) is 7.21. The molecular weight excluding hydrogens is 258 g/mol. The van der Waals surface area contributed by atoms with Crippen molar-refractivity contribution in [1.82, 2.24) is 5.32 Å². The first-order valence-electron chi connectivity index (χ1n) is 6.98. The largest absolute Gasteiger partial charge is 0.377 e. The third-order valence-corrected chi connectivity index (χ3v) is 3.48. The summed E-state index contributed by atoms with van der Waals surface area (Å²) in [6.07, 6.45) is 2.38. The number of nitro groups is 1. The van der Waals surface area contributed by atoms with Crippen molar-refractivity contribution >= 4 is 11.4 Å². The maximum absolute atomic E-state index is 11.0. The number of nitrogens with one attached hydrogen (secondary N) is 2. The number of piperidine rings is 1. The molecule has 6 nitrogen and oxygen atoms in total. The van der Waals surface area contributed by atoms with Crippen molar-refractivity contribution < 1.29 is 9.66 Å². The Hall–Kier alpha value is -1.66. The van der Waals surface area contributed by atoms with E-state index in [1.807, 2.05) is 6.07 Å². The highest BCUT2D eigenvalue weighted by molar-refractivity contribution is 5.64. The molecule has 1 aliphatic rings. The van der Waals surface area contributed by atoms with E-state index in [2.05, 4.69) is 10.6 Å². The van der Waals surface area contributed by atoms with E-state index < -0.39 is 0 Å². The van der Waals surface area contributed by atoms with E-state index in [0.29, 0.717) is 30.5 Å². The van der Waals surface area contributed by atoms with E-state index in [4.69, 9.17) is 4.74 Å². The monoisotopic (exact) mass is 279 g/mol. The first-order chi connectivity index (χ1) is 9.68. The number of hydrogen-bond donors (Lipinski definition) is 2. The van der Waals surface area contributed by atoms with Crippen LogP contribution >= 0.6 is 0 Å². The van der Waals surface area contributed by atoms with E-state index >= 15 is 0 Å². The molecule has 2 rings (SSSR count). The minimum absolute atomic E-state index is 0.148. The van der Waals surface area contributed by atoms with Gasteiger partial charge in [-0.2, -0.15) is 0 Å². The number of nitrogens with zero attached hydrogens (tertiary/aromatic N) is 1. The van der Waals surface area contributed by atoms with E-state index in [9.17, 15) is 10.1 Å². The Labute approximate surface area is 118 Å². The van der Waals surface area contributed by atoms with Crippen LogP contribution in [0.15, 0.2) is 18.2 Å². The summed E-state index contributed by atoms with van der Waals surface area (Å²) in [5.41, 5.74) is 1.37. The lowest BCUT2D eigenvalue weighted by Gasteiger charge is -2.23. The molecule has 1 aromatic rings. The molecule has 0 amide bonds. The molecule has 2 N–H and O–H groups in total. The summed E-state index contributed by atoms with van der Waals surface area (Å²) in [5, 5.41) is 17.4. The molecule has 0 spiro atoms. The van der Waals surface area contributed by atoms with Gasteiger partial charge in [0.2, 0.25) is 0 Å². The summed E-state index contributed by atoms with van der Waals surface area (Å²) in [6.45, 7) is 4.89. The number of hydrogen-bond acceptors (Lipinski definition) is 5. The molecule has 0 saturated carbocycles. The second-order valence-corrected chi connectivity index (χ2v) is 4.98. The molecular formula is C14H21N3O3. The molecule has 6 heteroatoms. The quantitative estimate of drug-likeness (QED) is 0.473. The van der Waals surface area contributed by atoms with Gasteiger partial charge in [0, 0.05) is 12.1 Å². The number of aryl methyl sites for hydroxylation is 1. The Morgan fingerprint density at radius 1 is 1.45 bits per heavy atom. The Bertz CT molecular complexity index is 459. The molecule has 1 fully saturated rings. The Balaban J connectivity index is 1.82. The summed E-state index contributed by atoms with van der Waals surface area (Å²) in [4.78, 5) is 10.7. The van der Waals surface area contributed by atoms with Gasteiger partial charge in [-0.1, -0.05) is 12.1 Å². The van der Waals surface area contributed by atoms with Gasteiger partial charge < -0.3 is 15.4 Å². The maximum atomic E-state index is 11.0. The lowest BCUT2D eigenvalue weighted by molar-refractivity contribution is -0.384. The van der Waals surface area contributed by atoms with E-state index in [-0.39, 0.29) is 10.6 Å². The molecule has 0 bridgehead atoms. The third kappa shape index (κ3) is 3.91. The number of ether oxygens (including phenoxy) is 1. The van der Waals surface area contributed by atoms with Crippen molar-refractivity contribution in [3.05, 3.63) is 33.9 Å². The highest BCUT2D eigenvalue weighted by atomic mass is 16.6. The SMILES string of the molecule is Cc1cccc(NCCOC2CCNCC2)c1[N+](=O)[O-]. The summed E-state index contributed by atoms with van der Waals surface area (Å²) < 4.78 is 5.76. The Morgan fingerprint density at radius 2 is 2.20 bits per heavy atom. The molecule has 1 saturated heterocycles. The highest BCUT2D eigenvalue weighted by Gasteiger charge is 2.16. The third-order valence-electron chi connectivity index (χ3n) is 3.48. The first-order valence-corrected chi connectivity index (χ1v) is 6.98. The van der Waals surface area contributed by atoms with Crippen LogP contribution in [-0.2, 0) is 4.74 Å². The molecule has 1 aliphatic heterocycles. The molecule has 0 aliphatic carbocycles. The zero-order valence-electron chi connectivity index (χ0n) is 11.7. The molecule has 20 heavy (non-hydrogen) atoms. The minimum atomic E-state index is -0.342. The fourth-order valence-electron chi connectivity index (χ4n) is 2.42. The highest BCUT2D eigenvalue weighted by Crippen LogP contribution is 2.27. The zero-order chi connectivity index (χ0) is 14.4. The number of benzene rings is 1. The van der Waals surface area contributed by atoms with Crippen molar-refractivity contribution in [2.45, 2.75) is 25.9 Å². The van der Waals surface area contributed by atoms with Crippen LogP contribution in [0, 0.1) is 17.0 Å². The molecule has 0 aromatic heterocycles. The number of nitro benzene ring substituents is 1. The second-order valence-electron chi connectivity index (χ2n) is 4.98. The fraction of sp³-hybridized carbons (Fsp3) is 0.571. The van der Waals surface area contributed by atoms with Gasteiger partial charge in [-0.3, -0.25) is 10.1 Å². The maximum Gasteiger partial charge on any atom is 0.295 e. The standard InChI is InChI=1S/C14H21N3O3/c1-11-3-2-4-13(14(11)17(18)19)16-9-10-20-12-5-7-15-8-6-12/h2-4,12,15-16H,5-10H2,1H3. The van der Waals surface area contributed by atoms with Gasteiger partial charge >= 0.3 is 0 Å². The topological polar surface area (TPSA) is 76.4 Å². The van der Waals surface area contributed by atoms with Crippen LogP contribution in [0.5, 0.6) is 0 Å². The molecule has 110 valence electrons. The Kier molecular flexibility index (Phi) is 5.31. The van der Waals surface area contributed by atoms with Crippen molar-refractivity contribution in [2.24, 2.45) is 0 Å². The van der Waals surface area contributed by atoms with Gasteiger partial charge in [0.25, 0.3) is 5.69 Å². The molecule has 0 atom stereocenters. The average Bonchev–Trinajstić information content (AvgIpc) is 2.44. The number of anilines is 1. The van der Waals surface area contributed by atoms with Crippen molar-refractivity contribution in [3.8, 4) is 0 Å². The zero-order valence-corrected chi connectivity index (χ0v) is 11.7. The van der Waals surface area contributed by atoms with Crippen molar-refractivity contribution in [3.63, 3.8) is 0 Å². The van der Waals surface area contributed by atoms with Gasteiger partial charge in [-0.25, -0.2) is 0 Å². The van der Waals surface area contributed by atoms with Crippen LogP contribution < -0.4 is 10.6 Å². The van der Waals surface area contributed by atoms with Crippen LogP contribution in [0.1, 0.15) is 18.4 Å². The minimum Gasteiger partial charge on any atom is -0.377 e. The van der Waals surface area contributed by atoms with Crippen LogP contribution in [-0.4, -0.2) is 37.3 Å². The van der Waals surface area contributed by atoms with Crippen LogP contribution in [0.3, 0.4) is 0 Å². The smallest absolute Gasteiger partial charge is 0.295 e. The van der Waals surface area contributed by atoms with E-state index in [1.165, 1.54) is 0 Å². The number of para-hydroxylation sites is 1. The summed E-state index contributed by atoms with van der Waals surface area (Å²) in [7, 11) is 0. The molecule has 0 radical (unpaired) electrons. The number of rotatable bonds is 6. The fourth-order valence-corrected chi connectivity index (χ4v) is 2.42. The van der Waals surface area contributed by atoms with Gasteiger partial charge in [0.1, 0.15) is 5.69 Å². The summed E-state index contributed by atoms with van der Waals surface area (Å²) in [6, 6.07) is 5.29. The predicted octanol–water partition coefficient (Wildman–Crippen LogP) is 2.08. The van der Waals surface area contributed by atoms with Crippen LogP contribution in [0.25, 0.3) is 0 Å². The van der Waals surface area contributed by atoms with Gasteiger partial charge in [0.05, 0.1) is 17.6 Å². The van der Waals surface area contributed by atoms with Gasteiger partial charge in [0.15, 0.2) is 0 Å². The van der Waals surface area contributed by atoms with E-state index in [1.54, 1.807) is 19.1 Å². The summed E-state index contributed by atoms with van der Waals surface area (Å²) >= 11 is 0. The predicted molar refractivity (Wildman–Crippen MR) is 78.2 cm³/mol. The lowest BCUT2D eigenvalue weighted by atomic mass is 10.1. The van der Waals surface area contributed by atoms with Crippen LogP contribution in [0.4, 0.5) is 11.4 Å². The average molecular weight is 279 g/mol. The molecule has 1 heterocycles. The van der Waals surface area contributed by atoms with Gasteiger partial charge in [-0.15, -0.1) is 0 Å². The molecule has 0 unspecified atom stereocenters. The summed E-state index contributed by atoms with van der Waals surface area (Å²) in [5.74, 6) is 0. The van der Waals surface area contributed by atoms with Crippen molar-refractivity contribution in [2.75, 3.05) is 31.6 Å². The lowest BCUT2D eigenvalue weighted by Crippen LogP contribution is -2.33.